The number of pyridine rings is 1. The lowest BCUT2D eigenvalue weighted by molar-refractivity contribution is 0.722. The molecule has 0 spiro atoms. The Balaban J connectivity index is 2.28. The van der Waals surface area contributed by atoms with Gasteiger partial charge in [0.05, 0.1) is 17.2 Å². The normalized spacial score (nSPS) is 12.5. The largest absolute Gasteiger partial charge is 0.311 e. The third-order valence-electron chi connectivity index (χ3n) is 3.62. The van der Waals surface area contributed by atoms with Crippen molar-refractivity contribution in [2.45, 2.75) is 19.4 Å². The molecule has 4 nitrogen and oxygen atoms in total. The average Bonchev–Trinajstić information content (AvgIpc) is 2.98. The predicted octanol–water partition coefficient (Wildman–Crippen LogP) is 2.20. The molecule has 0 N–H and O–H groups in total. The Bertz CT molecular complexity index is 834. The number of hydrogen-bond acceptors (Lipinski definition) is 3. The number of aromatic nitrogens is 1. The van der Waals surface area contributed by atoms with Gasteiger partial charge in [-0.2, -0.15) is 10.5 Å². The Morgan fingerprint density at radius 1 is 1.15 bits per heavy atom. The molecule has 1 aromatic heterocycles. The molecule has 0 unspecified atom stereocenters. The average molecular weight is 261 g/mol. The van der Waals surface area contributed by atoms with E-state index < -0.39 is 0 Å². The number of nitriles is 2. The lowest BCUT2D eigenvalue weighted by Gasteiger charge is -2.09. The van der Waals surface area contributed by atoms with Crippen LogP contribution in [0.1, 0.15) is 23.2 Å². The molecule has 0 fully saturated rings. The summed E-state index contributed by atoms with van der Waals surface area (Å²) in [5.41, 5.74) is 2.99. The highest BCUT2D eigenvalue weighted by Gasteiger charge is 2.19. The Morgan fingerprint density at radius 3 is 2.75 bits per heavy atom. The van der Waals surface area contributed by atoms with Crippen molar-refractivity contribution >= 4 is 0 Å². The van der Waals surface area contributed by atoms with Crippen LogP contribution in [0.2, 0.25) is 0 Å². The van der Waals surface area contributed by atoms with E-state index in [1.165, 1.54) is 0 Å². The summed E-state index contributed by atoms with van der Waals surface area (Å²) in [5, 5.41) is 18.2. The van der Waals surface area contributed by atoms with Gasteiger partial charge in [0.25, 0.3) is 5.56 Å². The summed E-state index contributed by atoms with van der Waals surface area (Å²) < 4.78 is 1.69. The van der Waals surface area contributed by atoms with Crippen LogP contribution in [0.4, 0.5) is 0 Å². The summed E-state index contributed by atoms with van der Waals surface area (Å²) in [6.45, 7) is 0.661. The Morgan fingerprint density at radius 2 is 2.00 bits per heavy atom. The molecule has 1 aliphatic rings. The first-order valence-electron chi connectivity index (χ1n) is 6.42. The summed E-state index contributed by atoms with van der Waals surface area (Å²) in [4.78, 5) is 12.5. The maximum absolute atomic E-state index is 12.5. The summed E-state index contributed by atoms with van der Waals surface area (Å²) in [6.07, 6.45) is 1.67. The topological polar surface area (TPSA) is 69.6 Å². The first-order valence-corrected chi connectivity index (χ1v) is 6.42. The molecule has 0 saturated carbocycles. The van der Waals surface area contributed by atoms with Crippen LogP contribution in [0.3, 0.4) is 0 Å². The van der Waals surface area contributed by atoms with Crippen LogP contribution >= 0.6 is 0 Å². The van der Waals surface area contributed by atoms with Gasteiger partial charge in [-0.25, -0.2) is 0 Å². The molecule has 1 aliphatic heterocycles. The van der Waals surface area contributed by atoms with Crippen LogP contribution in [0.25, 0.3) is 11.1 Å². The van der Waals surface area contributed by atoms with Crippen LogP contribution in [0, 0.1) is 22.7 Å². The van der Waals surface area contributed by atoms with E-state index in [-0.39, 0.29) is 5.56 Å². The van der Waals surface area contributed by atoms with Crippen LogP contribution in [0.5, 0.6) is 0 Å². The predicted molar refractivity (Wildman–Crippen MR) is 73.9 cm³/mol. The number of benzene rings is 1. The molecule has 0 radical (unpaired) electrons. The molecule has 0 bridgehead atoms. The highest BCUT2D eigenvalue weighted by atomic mass is 16.1. The number of nitrogens with zero attached hydrogens (tertiary/aromatic N) is 3. The minimum Gasteiger partial charge on any atom is -0.311 e. The standard InChI is InChI=1S/C16H11N3O/c17-9-11-3-1-4-12(7-11)14-8-13(10-18)15-5-2-6-19(15)16(14)20/h1,3-4,7-8H,2,5-6H2. The van der Waals surface area contributed by atoms with Gasteiger partial charge in [-0.3, -0.25) is 4.79 Å². The van der Waals surface area contributed by atoms with Crippen LogP contribution in [0.15, 0.2) is 35.1 Å². The lowest BCUT2D eigenvalue weighted by atomic mass is 10.0. The maximum atomic E-state index is 12.5. The van der Waals surface area contributed by atoms with Crippen molar-refractivity contribution in [1.29, 1.82) is 10.5 Å². The fourth-order valence-corrected chi connectivity index (χ4v) is 2.67. The van der Waals surface area contributed by atoms with Crippen LogP contribution in [-0.2, 0) is 13.0 Å². The second kappa shape index (κ2) is 4.68. The number of rotatable bonds is 1. The third kappa shape index (κ3) is 1.79. The smallest absolute Gasteiger partial charge is 0.258 e. The summed E-state index contributed by atoms with van der Waals surface area (Å²) in [5.74, 6) is 0. The van der Waals surface area contributed by atoms with Gasteiger partial charge in [-0.15, -0.1) is 0 Å². The molecule has 1 aromatic carbocycles. The van der Waals surface area contributed by atoms with Crippen molar-refractivity contribution in [3.63, 3.8) is 0 Å². The molecule has 20 heavy (non-hydrogen) atoms. The number of hydrogen-bond donors (Lipinski definition) is 0. The van der Waals surface area contributed by atoms with Crippen LogP contribution < -0.4 is 5.56 Å². The van der Waals surface area contributed by atoms with Gasteiger partial charge < -0.3 is 4.57 Å². The zero-order valence-electron chi connectivity index (χ0n) is 10.8. The second-order valence-corrected chi connectivity index (χ2v) is 4.78. The summed E-state index contributed by atoms with van der Waals surface area (Å²) >= 11 is 0. The molecular formula is C16H11N3O. The lowest BCUT2D eigenvalue weighted by Crippen LogP contribution is -2.22. The van der Waals surface area contributed by atoms with E-state index in [4.69, 9.17) is 5.26 Å². The van der Waals surface area contributed by atoms with Gasteiger partial charge in [0.2, 0.25) is 0 Å². The third-order valence-corrected chi connectivity index (χ3v) is 3.62. The van der Waals surface area contributed by atoms with Crippen molar-refractivity contribution < 1.29 is 0 Å². The molecule has 0 saturated heterocycles. The van der Waals surface area contributed by atoms with E-state index >= 15 is 0 Å². The Kier molecular flexibility index (Phi) is 2.85. The molecule has 2 heterocycles. The van der Waals surface area contributed by atoms with E-state index in [1.54, 1.807) is 34.9 Å². The molecule has 96 valence electrons. The van der Waals surface area contributed by atoms with E-state index in [2.05, 4.69) is 12.1 Å². The first-order chi connectivity index (χ1) is 9.74. The molecular weight excluding hydrogens is 250 g/mol. The molecule has 3 rings (SSSR count). The van der Waals surface area contributed by atoms with Gasteiger partial charge in [0, 0.05) is 17.8 Å². The zero-order chi connectivity index (χ0) is 14.1. The van der Waals surface area contributed by atoms with E-state index in [0.717, 1.165) is 18.5 Å². The van der Waals surface area contributed by atoms with Gasteiger partial charge in [-0.05, 0) is 36.6 Å². The second-order valence-electron chi connectivity index (χ2n) is 4.78. The van der Waals surface area contributed by atoms with E-state index in [9.17, 15) is 10.1 Å². The molecule has 4 heteroatoms. The monoisotopic (exact) mass is 261 g/mol. The Hall–Kier alpha value is -2.85. The minimum atomic E-state index is -0.0772. The fraction of sp³-hybridized carbons (Fsp3) is 0.188. The SMILES string of the molecule is N#Cc1cccc(-c2cc(C#N)c3n(c2=O)CCC3)c1. The molecule has 0 amide bonds. The minimum absolute atomic E-state index is 0.0772. The van der Waals surface area contributed by atoms with Crippen molar-refractivity contribution in [3.05, 3.63) is 57.5 Å². The zero-order valence-corrected chi connectivity index (χ0v) is 10.8. The molecule has 0 aliphatic carbocycles. The van der Waals surface area contributed by atoms with Crippen LogP contribution in [-0.4, -0.2) is 4.57 Å². The van der Waals surface area contributed by atoms with Gasteiger partial charge >= 0.3 is 0 Å². The van der Waals surface area contributed by atoms with Gasteiger partial charge in [0.15, 0.2) is 0 Å². The molecule has 0 atom stereocenters. The fourth-order valence-electron chi connectivity index (χ4n) is 2.67. The van der Waals surface area contributed by atoms with Gasteiger partial charge in [-0.1, -0.05) is 12.1 Å². The molecule has 2 aromatic rings. The quantitative estimate of drug-likeness (QED) is 0.790. The van der Waals surface area contributed by atoms with Crippen molar-refractivity contribution in [1.82, 2.24) is 4.57 Å². The van der Waals surface area contributed by atoms with Gasteiger partial charge in [0.1, 0.15) is 6.07 Å². The van der Waals surface area contributed by atoms with Crippen molar-refractivity contribution in [3.8, 4) is 23.3 Å². The first kappa shape index (κ1) is 12.2. The Labute approximate surface area is 116 Å². The maximum Gasteiger partial charge on any atom is 0.258 e. The highest BCUT2D eigenvalue weighted by Crippen LogP contribution is 2.23. The van der Waals surface area contributed by atoms with Crippen molar-refractivity contribution in [2.75, 3.05) is 0 Å². The summed E-state index contributed by atoms with van der Waals surface area (Å²) in [6, 6.07) is 12.8. The van der Waals surface area contributed by atoms with E-state index in [0.29, 0.717) is 28.8 Å². The summed E-state index contributed by atoms with van der Waals surface area (Å²) in [7, 11) is 0. The number of fused-ring (bicyclic) bond motifs is 1. The van der Waals surface area contributed by atoms with Crippen molar-refractivity contribution in [2.24, 2.45) is 0 Å². The highest BCUT2D eigenvalue weighted by molar-refractivity contribution is 5.66. The van der Waals surface area contributed by atoms with E-state index in [1.807, 2.05) is 0 Å².